The molecule has 0 unspecified atom stereocenters. The molecule has 18 heavy (non-hydrogen) atoms. The van der Waals surface area contributed by atoms with Gasteiger partial charge in [0.15, 0.2) is 0 Å². The number of aliphatic hydroxyl groups is 1. The van der Waals surface area contributed by atoms with Crippen molar-refractivity contribution in [3.8, 4) is 11.5 Å². The molecule has 3 N–H and O–H groups in total. The summed E-state index contributed by atoms with van der Waals surface area (Å²) in [5, 5.41) is 9.62. The van der Waals surface area contributed by atoms with Gasteiger partial charge in [-0.25, -0.2) is 0 Å². The molecule has 0 saturated carbocycles. The number of nitrogens with two attached hydrogens (primary N) is 1. The Hall–Kier alpha value is -1.55. The highest BCUT2D eigenvalue weighted by Gasteiger charge is 2.04. The summed E-state index contributed by atoms with van der Waals surface area (Å²) in [5.41, 5.74) is 6.58. The third-order valence-electron chi connectivity index (χ3n) is 2.55. The number of hydrogen-bond donors (Lipinski definition) is 2. The fourth-order valence-corrected chi connectivity index (χ4v) is 1.65. The quantitative estimate of drug-likeness (QED) is 0.891. The third kappa shape index (κ3) is 3.23. The Kier molecular flexibility index (Phi) is 4.20. The number of hydrogen-bond acceptors (Lipinski definition) is 3. The number of halogens is 1. The summed E-state index contributed by atoms with van der Waals surface area (Å²) in [6.45, 7) is -0.0720. The molecule has 0 bridgehead atoms. The third-order valence-corrected chi connectivity index (χ3v) is 2.81. The van der Waals surface area contributed by atoms with Crippen LogP contribution in [0.25, 0.3) is 0 Å². The molecule has 0 fully saturated rings. The molecule has 2 rings (SSSR count). The van der Waals surface area contributed by atoms with E-state index in [0.717, 1.165) is 11.3 Å². The molecule has 0 radical (unpaired) electrons. The number of ether oxygens (including phenoxy) is 1. The van der Waals surface area contributed by atoms with Crippen molar-refractivity contribution in [3.63, 3.8) is 0 Å². The average Bonchev–Trinajstić information content (AvgIpc) is 2.41. The summed E-state index contributed by atoms with van der Waals surface area (Å²) in [7, 11) is 0. The van der Waals surface area contributed by atoms with Crippen molar-refractivity contribution in [2.75, 3.05) is 6.61 Å². The molecule has 4 heteroatoms. The number of benzene rings is 2. The molecule has 0 aliphatic heterocycles. The van der Waals surface area contributed by atoms with Crippen molar-refractivity contribution in [2.24, 2.45) is 5.73 Å². The number of aliphatic hydroxyl groups excluding tert-OH is 1. The maximum Gasteiger partial charge on any atom is 0.127 e. The molecule has 0 spiro atoms. The van der Waals surface area contributed by atoms with E-state index in [1.54, 1.807) is 24.3 Å². The van der Waals surface area contributed by atoms with Crippen LogP contribution in [0, 0.1) is 0 Å². The summed E-state index contributed by atoms with van der Waals surface area (Å²) in [5.74, 6) is 1.44. The largest absolute Gasteiger partial charge is 0.457 e. The molecule has 0 amide bonds. The van der Waals surface area contributed by atoms with Gasteiger partial charge in [0.25, 0.3) is 0 Å². The van der Waals surface area contributed by atoms with Gasteiger partial charge in [0.2, 0.25) is 0 Å². The van der Waals surface area contributed by atoms with Gasteiger partial charge >= 0.3 is 0 Å². The van der Waals surface area contributed by atoms with Gasteiger partial charge in [0.05, 0.1) is 12.6 Å². The van der Waals surface area contributed by atoms with E-state index < -0.39 is 0 Å². The molecule has 94 valence electrons. The van der Waals surface area contributed by atoms with Gasteiger partial charge in [0.1, 0.15) is 11.5 Å². The smallest absolute Gasteiger partial charge is 0.127 e. The Bertz CT molecular complexity index is 496. The molecule has 3 nitrogen and oxygen atoms in total. The Labute approximate surface area is 111 Å². The Morgan fingerprint density at radius 1 is 1.00 bits per heavy atom. The maximum absolute atomic E-state index is 8.95. The van der Waals surface area contributed by atoms with Crippen LogP contribution in [0.3, 0.4) is 0 Å². The van der Waals surface area contributed by atoms with Crippen LogP contribution in [-0.4, -0.2) is 11.7 Å². The lowest BCUT2D eigenvalue weighted by atomic mass is 10.1. The van der Waals surface area contributed by atoms with Crippen LogP contribution >= 0.6 is 11.6 Å². The first-order valence-corrected chi connectivity index (χ1v) is 5.96. The van der Waals surface area contributed by atoms with Gasteiger partial charge in [-0.1, -0.05) is 23.7 Å². The first kappa shape index (κ1) is 12.9. The van der Waals surface area contributed by atoms with Crippen LogP contribution in [0.2, 0.25) is 5.02 Å². The van der Waals surface area contributed by atoms with Gasteiger partial charge in [-0.05, 0) is 42.0 Å². The maximum atomic E-state index is 8.95. The Morgan fingerprint density at radius 3 is 2.00 bits per heavy atom. The van der Waals surface area contributed by atoms with E-state index in [-0.39, 0.29) is 12.6 Å². The monoisotopic (exact) mass is 263 g/mol. The average molecular weight is 264 g/mol. The van der Waals surface area contributed by atoms with E-state index in [1.165, 1.54) is 0 Å². The summed E-state index contributed by atoms with van der Waals surface area (Å²) in [6, 6.07) is 14.1. The van der Waals surface area contributed by atoms with Crippen molar-refractivity contribution >= 4 is 11.6 Å². The van der Waals surface area contributed by atoms with E-state index in [4.69, 9.17) is 27.2 Å². The molecule has 2 aromatic rings. The van der Waals surface area contributed by atoms with Crippen molar-refractivity contribution in [2.45, 2.75) is 6.04 Å². The van der Waals surface area contributed by atoms with E-state index in [1.807, 2.05) is 24.3 Å². The molecule has 1 atom stereocenters. The highest BCUT2D eigenvalue weighted by Crippen LogP contribution is 2.24. The first-order chi connectivity index (χ1) is 8.69. The van der Waals surface area contributed by atoms with Gasteiger partial charge in [0, 0.05) is 5.02 Å². The van der Waals surface area contributed by atoms with Gasteiger partial charge in [-0.3, -0.25) is 0 Å². The zero-order valence-electron chi connectivity index (χ0n) is 9.71. The van der Waals surface area contributed by atoms with E-state index in [9.17, 15) is 0 Å². The molecule has 2 aromatic carbocycles. The first-order valence-electron chi connectivity index (χ1n) is 5.59. The van der Waals surface area contributed by atoms with Crippen molar-refractivity contribution in [1.29, 1.82) is 0 Å². The van der Waals surface area contributed by atoms with Crippen LogP contribution in [0.5, 0.6) is 11.5 Å². The minimum absolute atomic E-state index is 0.0720. The van der Waals surface area contributed by atoms with Crippen LogP contribution in [0.4, 0.5) is 0 Å². The lowest BCUT2D eigenvalue weighted by molar-refractivity contribution is 0.268. The Morgan fingerprint density at radius 2 is 1.50 bits per heavy atom. The predicted molar refractivity (Wildman–Crippen MR) is 72.0 cm³/mol. The molecule has 0 aromatic heterocycles. The summed E-state index contributed by atoms with van der Waals surface area (Å²) >= 11 is 5.79. The standard InChI is InChI=1S/C14H14ClNO2/c15-11-3-7-13(8-4-11)18-12-5-1-10(2-6-12)14(16)9-17/h1-8,14,17H,9,16H2/t14-/m1/s1. The normalized spacial score (nSPS) is 12.2. The second kappa shape index (κ2) is 5.87. The Balaban J connectivity index is 2.08. The second-order valence-electron chi connectivity index (χ2n) is 3.91. The van der Waals surface area contributed by atoms with Crippen LogP contribution in [0.15, 0.2) is 48.5 Å². The van der Waals surface area contributed by atoms with Crippen molar-refractivity contribution in [3.05, 3.63) is 59.1 Å². The molecular weight excluding hydrogens is 250 g/mol. The lowest BCUT2D eigenvalue weighted by Crippen LogP contribution is -2.14. The predicted octanol–water partition coefficient (Wildman–Crippen LogP) is 3.12. The zero-order chi connectivity index (χ0) is 13.0. The van der Waals surface area contributed by atoms with Crippen molar-refractivity contribution in [1.82, 2.24) is 0 Å². The van der Waals surface area contributed by atoms with E-state index in [0.29, 0.717) is 10.8 Å². The topological polar surface area (TPSA) is 55.5 Å². The van der Waals surface area contributed by atoms with Gasteiger partial charge in [-0.15, -0.1) is 0 Å². The van der Waals surface area contributed by atoms with Crippen LogP contribution < -0.4 is 10.5 Å². The lowest BCUT2D eigenvalue weighted by Gasteiger charge is -2.10. The highest BCUT2D eigenvalue weighted by atomic mass is 35.5. The second-order valence-corrected chi connectivity index (χ2v) is 4.35. The SMILES string of the molecule is N[C@H](CO)c1ccc(Oc2ccc(Cl)cc2)cc1. The van der Waals surface area contributed by atoms with Crippen molar-refractivity contribution < 1.29 is 9.84 Å². The molecule has 0 aliphatic rings. The summed E-state index contributed by atoms with van der Waals surface area (Å²) < 4.78 is 5.64. The van der Waals surface area contributed by atoms with E-state index >= 15 is 0 Å². The van der Waals surface area contributed by atoms with Gasteiger partial charge < -0.3 is 15.6 Å². The van der Waals surface area contributed by atoms with E-state index in [2.05, 4.69) is 0 Å². The fraction of sp³-hybridized carbons (Fsp3) is 0.143. The molecule has 0 saturated heterocycles. The van der Waals surface area contributed by atoms with Crippen LogP contribution in [0.1, 0.15) is 11.6 Å². The fourth-order valence-electron chi connectivity index (χ4n) is 1.53. The molecule has 0 heterocycles. The van der Waals surface area contributed by atoms with Crippen LogP contribution in [-0.2, 0) is 0 Å². The molecular formula is C14H14ClNO2. The number of rotatable bonds is 4. The minimum atomic E-state index is -0.352. The zero-order valence-corrected chi connectivity index (χ0v) is 10.5. The minimum Gasteiger partial charge on any atom is -0.457 e. The van der Waals surface area contributed by atoms with Gasteiger partial charge in [-0.2, -0.15) is 0 Å². The molecule has 0 aliphatic carbocycles. The summed E-state index contributed by atoms with van der Waals surface area (Å²) in [4.78, 5) is 0. The highest BCUT2D eigenvalue weighted by molar-refractivity contribution is 6.30. The summed E-state index contributed by atoms with van der Waals surface area (Å²) in [6.07, 6.45) is 0.